The van der Waals surface area contributed by atoms with Gasteiger partial charge >= 0.3 is 0 Å². The van der Waals surface area contributed by atoms with Crippen LogP contribution in [0.3, 0.4) is 0 Å². The molecule has 4 nitrogen and oxygen atoms in total. The van der Waals surface area contributed by atoms with E-state index in [0.717, 1.165) is 50.7 Å². The van der Waals surface area contributed by atoms with Gasteiger partial charge < -0.3 is 14.8 Å². The fourth-order valence-electron chi connectivity index (χ4n) is 3.51. The topological polar surface area (TPSA) is 33.7 Å². The Morgan fingerprint density at radius 1 is 1.33 bits per heavy atom. The van der Waals surface area contributed by atoms with Gasteiger partial charge in [0.15, 0.2) is 0 Å². The quantitative estimate of drug-likeness (QED) is 0.766. The fourth-order valence-corrected chi connectivity index (χ4v) is 4.99. The summed E-state index contributed by atoms with van der Waals surface area (Å²) in [5.74, 6) is 3.43. The third-order valence-corrected chi connectivity index (χ3v) is 6.15. The van der Waals surface area contributed by atoms with E-state index >= 15 is 0 Å². The minimum Gasteiger partial charge on any atom is -0.496 e. The highest BCUT2D eigenvalue weighted by atomic mass is 32.2. The van der Waals surface area contributed by atoms with Crippen LogP contribution in [-0.2, 0) is 4.74 Å². The van der Waals surface area contributed by atoms with Crippen molar-refractivity contribution in [3.8, 4) is 5.75 Å². The van der Waals surface area contributed by atoms with Gasteiger partial charge in [0.25, 0.3) is 0 Å². The molecule has 132 valence electrons. The highest BCUT2D eigenvalue weighted by Crippen LogP contribution is 2.33. The first kappa shape index (κ1) is 17.8. The predicted molar refractivity (Wildman–Crippen MR) is 102 cm³/mol. The van der Waals surface area contributed by atoms with Crippen LogP contribution in [0.15, 0.2) is 30.3 Å². The van der Waals surface area contributed by atoms with E-state index in [1.165, 1.54) is 17.9 Å². The van der Waals surface area contributed by atoms with Crippen molar-refractivity contribution in [2.45, 2.75) is 12.0 Å². The Hall–Kier alpha value is -1.01. The summed E-state index contributed by atoms with van der Waals surface area (Å²) in [5, 5.41) is 3.65. The Bertz CT molecular complexity index is 538. The van der Waals surface area contributed by atoms with Gasteiger partial charge in [0.2, 0.25) is 0 Å². The molecule has 2 fully saturated rings. The second-order valence-corrected chi connectivity index (χ2v) is 7.51. The standard InChI is InChI=1S/C19H28N2O2S/c1-22-18-7-3-2-5-17(18)6-4-9-20-15-19(8-14-24-16-19)21-10-12-23-13-11-21/h2-7,20H,8-16H2,1H3. The van der Waals surface area contributed by atoms with E-state index in [-0.39, 0.29) is 0 Å². The number of rotatable bonds is 7. The molecule has 1 unspecified atom stereocenters. The van der Waals surface area contributed by atoms with Crippen LogP contribution in [0.25, 0.3) is 6.08 Å². The zero-order valence-corrected chi connectivity index (χ0v) is 15.3. The molecule has 0 amide bonds. The van der Waals surface area contributed by atoms with Gasteiger partial charge in [-0.2, -0.15) is 11.8 Å². The molecule has 1 aromatic carbocycles. The number of nitrogens with zero attached hydrogens (tertiary/aromatic N) is 1. The molecule has 2 aliphatic rings. The lowest BCUT2D eigenvalue weighted by atomic mass is 9.95. The molecule has 5 heteroatoms. The third-order valence-electron chi connectivity index (χ3n) is 4.92. The Kier molecular flexibility index (Phi) is 6.60. The Morgan fingerprint density at radius 3 is 2.92 bits per heavy atom. The zero-order valence-electron chi connectivity index (χ0n) is 14.5. The van der Waals surface area contributed by atoms with Gasteiger partial charge in [0.1, 0.15) is 5.75 Å². The first-order valence-electron chi connectivity index (χ1n) is 8.75. The van der Waals surface area contributed by atoms with E-state index in [4.69, 9.17) is 9.47 Å². The van der Waals surface area contributed by atoms with Gasteiger partial charge in [-0.05, 0) is 18.2 Å². The first-order chi connectivity index (χ1) is 11.8. The highest BCUT2D eigenvalue weighted by Gasteiger charge is 2.40. The number of para-hydroxylation sites is 1. The Morgan fingerprint density at radius 2 is 2.17 bits per heavy atom. The minimum atomic E-state index is 0.312. The number of methoxy groups -OCH3 is 1. The molecule has 0 saturated carbocycles. The average molecular weight is 349 g/mol. The van der Waals surface area contributed by atoms with Crippen LogP contribution in [-0.4, -0.2) is 68.4 Å². The number of morpholine rings is 1. The van der Waals surface area contributed by atoms with Crippen molar-refractivity contribution in [3.63, 3.8) is 0 Å². The molecule has 1 N–H and O–H groups in total. The summed E-state index contributed by atoms with van der Waals surface area (Å²) in [4.78, 5) is 2.65. The molecule has 0 aliphatic carbocycles. The molecule has 0 spiro atoms. The second-order valence-electron chi connectivity index (χ2n) is 6.40. The van der Waals surface area contributed by atoms with E-state index in [0.29, 0.717) is 5.54 Å². The normalized spacial score (nSPS) is 25.4. The average Bonchev–Trinajstić information content (AvgIpc) is 3.13. The Labute approximate surface area is 149 Å². The summed E-state index contributed by atoms with van der Waals surface area (Å²) in [7, 11) is 1.72. The van der Waals surface area contributed by atoms with Gasteiger partial charge in [0.05, 0.1) is 20.3 Å². The number of hydrogen-bond acceptors (Lipinski definition) is 5. The van der Waals surface area contributed by atoms with Gasteiger partial charge in [-0.15, -0.1) is 0 Å². The third kappa shape index (κ3) is 4.33. The van der Waals surface area contributed by atoms with Crippen LogP contribution >= 0.6 is 11.8 Å². The molecule has 0 radical (unpaired) electrons. The summed E-state index contributed by atoms with van der Waals surface area (Å²) in [6, 6.07) is 8.12. The largest absolute Gasteiger partial charge is 0.496 e. The van der Waals surface area contributed by atoms with Crippen molar-refractivity contribution in [1.82, 2.24) is 10.2 Å². The molecule has 2 saturated heterocycles. The maximum atomic E-state index is 5.53. The highest BCUT2D eigenvalue weighted by molar-refractivity contribution is 7.99. The lowest BCUT2D eigenvalue weighted by molar-refractivity contribution is -0.0130. The fraction of sp³-hybridized carbons (Fsp3) is 0.579. The summed E-state index contributed by atoms with van der Waals surface area (Å²) in [6.07, 6.45) is 5.60. The maximum absolute atomic E-state index is 5.53. The Balaban J connectivity index is 1.51. The van der Waals surface area contributed by atoms with E-state index in [9.17, 15) is 0 Å². The number of ether oxygens (including phenoxy) is 2. The molecule has 2 aliphatic heterocycles. The van der Waals surface area contributed by atoms with Crippen LogP contribution in [0.2, 0.25) is 0 Å². The summed E-state index contributed by atoms with van der Waals surface area (Å²) >= 11 is 2.08. The minimum absolute atomic E-state index is 0.312. The number of thioether (sulfide) groups is 1. The van der Waals surface area contributed by atoms with Crippen molar-refractivity contribution in [2.75, 3.05) is 58.0 Å². The number of hydrogen-bond donors (Lipinski definition) is 1. The van der Waals surface area contributed by atoms with Crippen LogP contribution in [0.4, 0.5) is 0 Å². The number of nitrogens with one attached hydrogen (secondary N) is 1. The lowest BCUT2D eigenvalue weighted by Crippen LogP contribution is -2.58. The monoisotopic (exact) mass is 348 g/mol. The summed E-state index contributed by atoms with van der Waals surface area (Å²) < 4.78 is 10.9. The molecular weight excluding hydrogens is 320 g/mol. The molecule has 1 atom stereocenters. The predicted octanol–water partition coefficient (Wildman–Crippen LogP) is 2.51. The van der Waals surface area contributed by atoms with Gasteiger partial charge in [-0.25, -0.2) is 0 Å². The number of benzene rings is 1. The molecule has 24 heavy (non-hydrogen) atoms. The summed E-state index contributed by atoms with van der Waals surface area (Å²) in [5.41, 5.74) is 1.44. The molecule has 0 bridgehead atoms. The first-order valence-corrected chi connectivity index (χ1v) is 9.90. The van der Waals surface area contributed by atoms with Gasteiger partial charge in [0, 0.05) is 43.0 Å². The van der Waals surface area contributed by atoms with Crippen molar-refractivity contribution >= 4 is 17.8 Å². The van der Waals surface area contributed by atoms with E-state index in [1.807, 2.05) is 18.2 Å². The molecular formula is C19H28N2O2S. The van der Waals surface area contributed by atoms with Crippen LogP contribution in [0, 0.1) is 0 Å². The second kappa shape index (κ2) is 8.90. The van der Waals surface area contributed by atoms with E-state index in [1.54, 1.807) is 7.11 Å². The van der Waals surface area contributed by atoms with Gasteiger partial charge in [-0.3, -0.25) is 4.90 Å². The SMILES string of the molecule is COc1ccccc1C=CCNCC1(N2CCOCC2)CCSC1. The van der Waals surface area contributed by atoms with Gasteiger partial charge in [-0.1, -0.05) is 30.4 Å². The van der Waals surface area contributed by atoms with E-state index < -0.39 is 0 Å². The van der Waals surface area contributed by atoms with E-state index in [2.05, 4.69) is 40.2 Å². The van der Waals surface area contributed by atoms with Crippen molar-refractivity contribution < 1.29 is 9.47 Å². The maximum Gasteiger partial charge on any atom is 0.126 e. The molecule has 2 heterocycles. The van der Waals surface area contributed by atoms with Crippen molar-refractivity contribution in [3.05, 3.63) is 35.9 Å². The van der Waals surface area contributed by atoms with Crippen molar-refractivity contribution in [2.24, 2.45) is 0 Å². The molecule has 0 aromatic heterocycles. The molecule has 1 aromatic rings. The lowest BCUT2D eigenvalue weighted by Gasteiger charge is -2.43. The summed E-state index contributed by atoms with van der Waals surface area (Å²) in [6.45, 7) is 5.82. The zero-order chi connectivity index (χ0) is 16.7. The molecule has 3 rings (SSSR count). The van der Waals surface area contributed by atoms with Crippen LogP contribution < -0.4 is 10.1 Å². The smallest absolute Gasteiger partial charge is 0.126 e. The van der Waals surface area contributed by atoms with Crippen LogP contribution in [0.1, 0.15) is 12.0 Å². The van der Waals surface area contributed by atoms with Crippen LogP contribution in [0.5, 0.6) is 5.75 Å². The van der Waals surface area contributed by atoms with Crippen molar-refractivity contribution in [1.29, 1.82) is 0 Å².